The second-order valence-electron chi connectivity index (χ2n) is 5.63. The van der Waals surface area contributed by atoms with E-state index in [0.29, 0.717) is 17.9 Å². The van der Waals surface area contributed by atoms with E-state index in [1.807, 2.05) is 30.0 Å². The molecule has 0 aromatic heterocycles. The number of ether oxygens (including phenoxy) is 2. The van der Waals surface area contributed by atoms with Crippen molar-refractivity contribution >= 4 is 17.7 Å². The quantitative estimate of drug-likeness (QED) is 0.875. The maximum atomic E-state index is 11.2. The summed E-state index contributed by atoms with van der Waals surface area (Å²) in [7, 11) is 1.61. The van der Waals surface area contributed by atoms with E-state index in [-0.39, 0.29) is 6.10 Å². The highest BCUT2D eigenvalue weighted by atomic mass is 32.2. The number of benzene rings is 1. The Morgan fingerprint density at radius 2 is 2.10 bits per heavy atom. The molecule has 0 unspecified atom stereocenters. The van der Waals surface area contributed by atoms with Crippen LogP contribution in [0, 0.1) is 5.41 Å². The van der Waals surface area contributed by atoms with E-state index in [4.69, 9.17) is 9.47 Å². The first kappa shape index (κ1) is 15.0. The molecule has 1 aromatic carbocycles. The molecule has 0 bridgehead atoms. The van der Waals surface area contributed by atoms with Crippen LogP contribution >= 0.6 is 11.8 Å². The van der Waals surface area contributed by atoms with E-state index in [2.05, 4.69) is 0 Å². The largest absolute Gasteiger partial charge is 0.493 e. The fraction of sp³-hybridized carbons (Fsp3) is 0.533. The van der Waals surface area contributed by atoms with E-state index in [1.54, 1.807) is 21.0 Å². The highest BCUT2D eigenvalue weighted by molar-refractivity contribution is 8.00. The van der Waals surface area contributed by atoms with Gasteiger partial charge in [0.25, 0.3) is 0 Å². The highest BCUT2D eigenvalue weighted by Gasteiger charge is 2.28. The molecule has 1 aromatic rings. The summed E-state index contributed by atoms with van der Waals surface area (Å²) in [6.07, 6.45) is 0.693. The number of hydrogen-bond donors (Lipinski definition) is 1. The predicted molar refractivity (Wildman–Crippen MR) is 79.9 cm³/mol. The van der Waals surface area contributed by atoms with Crippen molar-refractivity contribution in [2.24, 2.45) is 5.41 Å². The fourth-order valence-electron chi connectivity index (χ4n) is 1.97. The molecule has 1 saturated heterocycles. The van der Waals surface area contributed by atoms with Crippen molar-refractivity contribution in [3.8, 4) is 11.5 Å². The standard InChI is InChI=1S/C15H20O4S/c1-15(2,14(16)17)7-10-4-5-12(18-3)13(6-10)19-11-8-20-9-11/h4-6,11H,7-9H2,1-3H3,(H,16,17). The summed E-state index contributed by atoms with van der Waals surface area (Å²) >= 11 is 1.85. The van der Waals surface area contributed by atoms with Crippen molar-refractivity contribution in [3.05, 3.63) is 23.8 Å². The summed E-state index contributed by atoms with van der Waals surface area (Å²) < 4.78 is 11.2. The number of carboxylic acids is 1. The second kappa shape index (κ2) is 5.95. The maximum Gasteiger partial charge on any atom is 0.309 e. The van der Waals surface area contributed by atoms with Crippen molar-refractivity contribution in [3.63, 3.8) is 0 Å². The number of carboxylic acid groups (broad SMARTS) is 1. The molecule has 20 heavy (non-hydrogen) atoms. The summed E-state index contributed by atoms with van der Waals surface area (Å²) in [6.45, 7) is 3.45. The summed E-state index contributed by atoms with van der Waals surface area (Å²) in [5, 5.41) is 9.21. The van der Waals surface area contributed by atoms with Gasteiger partial charge in [0.15, 0.2) is 11.5 Å². The molecule has 0 atom stereocenters. The first-order chi connectivity index (χ1) is 9.42. The maximum absolute atomic E-state index is 11.2. The Balaban J connectivity index is 2.17. The minimum absolute atomic E-state index is 0.233. The van der Waals surface area contributed by atoms with Crippen LogP contribution in [0.25, 0.3) is 0 Å². The Kier molecular flexibility index (Phi) is 4.48. The fourth-order valence-corrected chi connectivity index (χ4v) is 2.54. The third-order valence-corrected chi connectivity index (χ3v) is 4.57. The number of aliphatic carboxylic acids is 1. The molecule has 1 N–H and O–H groups in total. The molecular formula is C15H20O4S. The van der Waals surface area contributed by atoms with Gasteiger partial charge in [-0.2, -0.15) is 11.8 Å². The Morgan fingerprint density at radius 3 is 2.60 bits per heavy atom. The summed E-state index contributed by atoms with van der Waals surface area (Å²) in [5.74, 6) is 2.59. The van der Waals surface area contributed by atoms with Crippen molar-refractivity contribution in [1.82, 2.24) is 0 Å². The number of methoxy groups -OCH3 is 1. The molecule has 0 saturated carbocycles. The predicted octanol–water partition coefficient (Wildman–Crippen LogP) is 2.84. The zero-order chi connectivity index (χ0) is 14.8. The molecule has 1 aliphatic rings. The Morgan fingerprint density at radius 1 is 1.40 bits per heavy atom. The summed E-state index contributed by atoms with van der Waals surface area (Å²) in [5.41, 5.74) is 0.151. The van der Waals surface area contributed by atoms with Gasteiger partial charge in [-0.25, -0.2) is 0 Å². The van der Waals surface area contributed by atoms with Crippen LogP contribution in [0.4, 0.5) is 0 Å². The SMILES string of the molecule is COc1ccc(CC(C)(C)C(=O)O)cc1OC1CSC1. The van der Waals surface area contributed by atoms with Gasteiger partial charge >= 0.3 is 5.97 Å². The molecule has 0 radical (unpaired) electrons. The third kappa shape index (κ3) is 3.39. The summed E-state index contributed by atoms with van der Waals surface area (Å²) in [4.78, 5) is 11.2. The molecular weight excluding hydrogens is 276 g/mol. The van der Waals surface area contributed by atoms with Gasteiger partial charge < -0.3 is 14.6 Å². The van der Waals surface area contributed by atoms with Gasteiger partial charge in [-0.1, -0.05) is 6.07 Å². The van der Waals surface area contributed by atoms with Crippen LogP contribution in [0.15, 0.2) is 18.2 Å². The van der Waals surface area contributed by atoms with Crippen LogP contribution in [0.3, 0.4) is 0 Å². The van der Waals surface area contributed by atoms with E-state index in [1.165, 1.54) is 0 Å². The molecule has 5 heteroatoms. The van der Waals surface area contributed by atoms with Gasteiger partial charge in [-0.05, 0) is 38.0 Å². The van der Waals surface area contributed by atoms with Crippen molar-refractivity contribution in [2.75, 3.05) is 18.6 Å². The average molecular weight is 296 g/mol. The lowest BCUT2D eigenvalue weighted by Crippen LogP contribution is -2.31. The van der Waals surface area contributed by atoms with Gasteiger partial charge in [0.1, 0.15) is 6.10 Å². The molecule has 0 amide bonds. The van der Waals surface area contributed by atoms with Crippen LogP contribution in [0.1, 0.15) is 19.4 Å². The molecule has 2 rings (SSSR count). The third-order valence-electron chi connectivity index (χ3n) is 3.35. The lowest BCUT2D eigenvalue weighted by Gasteiger charge is -2.27. The van der Waals surface area contributed by atoms with Crippen molar-refractivity contribution in [1.29, 1.82) is 0 Å². The van der Waals surface area contributed by atoms with Crippen LogP contribution in [-0.4, -0.2) is 35.8 Å². The first-order valence-electron chi connectivity index (χ1n) is 6.57. The number of hydrogen-bond acceptors (Lipinski definition) is 4. The Hall–Kier alpha value is -1.36. The Labute approximate surface area is 123 Å². The van der Waals surface area contributed by atoms with E-state index in [0.717, 1.165) is 17.1 Å². The van der Waals surface area contributed by atoms with Crippen LogP contribution < -0.4 is 9.47 Å². The molecule has 4 nitrogen and oxygen atoms in total. The van der Waals surface area contributed by atoms with Gasteiger partial charge in [-0.15, -0.1) is 0 Å². The molecule has 0 spiro atoms. The van der Waals surface area contributed by atoms with E-state index < -0.39 is 11.4 Å². The van der Waals surface area contributed by atoms with Crippen molar-refractivity contribution < 1.29 is 19.4 Å². The molecule has 1 aliphatic heterocycles. The summed E-state index contributed by atoms with van der Waals surface area (Å²) in [6, 6.07) is 5.63. The molecule has 1 heterocycles. The number of thioether (sulfide) groups is 1. The van der Waals surface area contributed by atoms with E-state index >= 15 is 0 Å². The lowest BCUT2D eigenvalue weighted by atomic mass is 9.86. The number of rotatable bonds is 6. The zero-order valence-corrected chi connectivity index (χ0v) is 12.8. The molecule has 1 fully saturated rings. The van der Waals surface area contributed by atoms with Gasteiger partial charge in [-0.3, -0.25) is 4.79 Å². The first-order valence-corrected chi connectivity index (χ1v) is 7.72. The van der Waals surface area contributed by atoms with Crippen LogP contribution in [0.2, 0.25) is 0 Å². The van der Waals surface area contributed by atoms with Gasteiger partial charge in [0, 0.05) is 11.5 Å². The van der Waals surface area contributed by atoms with E-state index in [9.17, 15) is 9.90 Å². The smallest absolute Gasteiger partial charge is 0.309 e. The normalized spacial score (nSPS) is 15.6. The lowest BCUT2D eigenvalue weighted by molar-refractivity contribution is -0.146. The van der Waals surface area contributed by atoms with Crippen molar-refractivity contribution in [2.45, 2.75) is 26.4 Å². The minimum Gasteiger partial charge on any atom is -0.493 e. The second-order valence-corrected chi connectivity index (χ2v) is 6.70. The highest BCUT2D eigenvalue weighted by Crippen LogP contribution is 2.34. The monoisotopic (exact) mass is 296 g/mol. The average Bonchev–Trinajstić information content (AvgIpc) is 2.33. The van der Waals surface area contributed by atoms with Crippen LogP contribution in [0.5, 0.6) is 11.5 Å². The van der Waals surface area contributed by atoms with Gasteiger partial charge in [0.05, 0.1) is 12.5 Å². The topological polar surface area (TPSA) is 55.8 Å². The minimum atomic E-state index is -0.800. The van der Waals surface area contributed by atoms with Crippen LogP contribution in [-0.2, 0) is 11.2 Å². The molecule has 110 valence electrons. The molecule has 0 aliphatic carbocycles. The Bertz CT molecular complexity index is 495. The zero-order valence-electron chi connectivity index (χ0n) is 12.0. The number of carbonyl (C=O) groups is 1. The van der Waals surface area contributed by atoms with Gasteiger partial charge in [0.2, 0.25) is 0 Å².